The van der Waals surface area contributed by atoms with Crippen molar-refractivity contribution in [3.8, 4) is 5.75 Å². The van der Waals surface area contributed by atoms with E-state index in [0.29, 0.717) is 5.75 Å². The lowest BCUT2D eigenvalue weighted by atomic mass is 10.1. The predicted molar refractivity (Wildman–Crippen MR) is 78.1 cm³/mol. The third-order valence-electron chi connectivity index (χ3n) is 2.97. The van der Waals surface area contributed by atoms with Gasteiger partial charge in [0.05, 0.1) is 0 Å². The second-order valence-corrected chi connectivity index (χ2v) is 6.57. The molecule has 1 aromatic heterocycles. The number of aromatic nitrogens is 1. The van der Waals surface area contributed by atoms with Crippen molar-refractivity contribution in [2.24, 2.45) is 0 Å². The first kappa shape index (κ1) is 15.1. The fraction of sp³-hybridized carbons (Fsp3) is 0.385. The molecule has 0 aliphatic carbocycles. The van der Waals surface area contributed by atoms with E-state index in [9.17, 15) is 4.57 Å². The van der Waals surface area contributed by atoms with Crippen molar-refractivity contribution < 1.29 is 19.1 Å². The van der Waals surface area contributed by atoms with E-state index in [4.69, 9.17) is 14.5 Å². The molecule has 0 aliphatic rings. The van der Waals surface area contributed by atoms with Crippen LogP contribution in [0.3, 0.4) is 0 Å². The maximum Gasteiger partial charge on any atom is 0.362 e. The van der Waals surface area contributed by atoms with Gasteiger partial charge in [0.2, 0.25) is 0 Å². The number of H-pyrrole nitrogens is 1. The van der Waals surface area contributed by atoms with E-state index in [1.54, 1.807) is 12.1 Å². The summed E-state index contributed by atoms with van der Waals surface area (Å²) in [6, 6.07) is 5.44. The highest BCUT2D eigenvalue weighted by atomic mass is 31.2. The Balaban J connectivity index is 2.29. The number of ether oxygens (including phenoxy) is 1. The van der Waals surface area contributed by atoms with Crippen LogP contribution in [-0.4, -0.2) is 46.7 Å². The van der Waals surface area contributed by atoms with E-state index >= 15 is 0 Å². The molecule has 6 nitrogen and oxygen atoms in total. The van der Waals surface area contributed by atoms with Crippen molar-refractivity contribution >= 4 is 18.5 Å². The lowest BCUT2D eigenvalue weighted by Gasteiger charge is -2.11. The van der Waals surface area contributed by atoms with Crippen LogP contribution in [0, 0.1) is 0 Å². The van der Waals surface area contributed by atoms with Crippen molar-refractivity contribution in [1.82, 2.24) is 9.88 Å². The second kappa shape index (κ2) is 5.97. The van der Waals surface area contributed by atoms with Gasteiger partial charge >= 0.3 is 7.60 Å². The van der Waals surface area contributed by atoms with Crippen molar-refractivity contribution in [2.75, 3.05) is 27.0 Å². The average Bonchev–Trinajstić information content (AvgIpc) is 2.76. The third-order valence-corrected chi connectivity index (χ3v) is 3.43. The number of hydrogen-bond donors (Lipinski definition) is 3. The average molecular weight is 298 g/mol. The number of aromatic amines is 1. The van der Waals surface area contributed by atoms with Gasteiger partial charge < -0.3 is 24.4 Å². The minimum atomic E-state index is -4.18. The maximum atomic E-state index is 10.9. The zero-order valence-electron chi connectivity index (χ0n) is 11.5. The zero-order valence-corrected chi connectivity index (χ0v) is 12.4. The fourth-order valence-corrected chi connectivity index (χ4v) is 2.34. The van der Waals surface area contributed by atoms with Crippen LogP contribution in [0.1, 0.15) is 5.56 Å². The maximum absolute atomic E-state index is 10.9. The number of rotatable bonds is 6. The Kier molecular flexibility index (Phi) is 4.50. The summed E-state index contributed by atoms with van der Waals surface area (Å²) < 4.78 is 16.2. The Labute approximate surface area is 117 Å². The Morgan fingerprint density at radius 1 is 1.35 bits per heavy atom. The fourth-order valence-electron chi connectivity index (χ4n) is 2.03. The molecule has 3 N–H and O–H groups in total. The largest absolute Gasteiger partial charge is 0.480 e. The SMILES string of the molecule is CN(C)CCc1c[nH]c2cccc(OCP(=O)(O)O)c12. The summed E-state index contributed by atoms with van der Waals surface area (Å²) in [5.74, 6) is 0.501. The standard InChI is InChI=1S/C13H19N2O4P/c1-15(2)7-6-10-8-14-11-4-3-5-12(13(10)11)19-9-20(16,17)18/h3-5,8,14H,6-7,9H2,1-2H3,(H2,16,17,18). The molecule has 110 valence electrons. The molecule has 0 unspecified atom stereocenters. The number of fused-ring (bicyclic) bond motifs is 1. The number of hydrogen-bond acceptors (Lipinski definition) is 3. The van der Waals surface area contributed by atoms with Crippen LogP contribution in [0.25, 0.3) is 10.9 Å². The van der Waals surface area contributed by atoms with Gasteiger partial charge in [-0.25, -0.2) is 0 Å². The molecule has 0 bridgehead atoms. The molecule has 0 fully saturated rings. The first-order valence-corrected chi connectivity index (χ1v) is 8.07. The normalized spacial score (nSPS) is 12.2. The molecular formula is C13H19N2O4P. The van der Waals surface area contributed by atoms with Gasteiger partial charge in [-0.3, -0.25) is 4.57 Å². The van der Waals surface area contributed by atoms with Crippen molar-refractivity contribution in [3.63, 3.8) is 0 Å². The Hall–Kier alpha value is -1.33. The Morgan fingerprint density at radius 2 is 2.10 bits per heavy atom. The van der Waals surface area contributed by atoms with Gasteiger partial charge in [0.25, 0.3) is 0 Å². The summed E-state index contributed by atoms with van der Waals surface area (Å²) in [6.45, 7) is 0.889. The third kappa shape index (κ3) is 3.84. The molecule has 1 aromatic carbocycles. The van der Waals surface area contributed by atoms with Crippen LogP contribution < -0.4 is 4.74 Å². The number of nitrogens with zero attached hydrogens (tertiary/aromatic N) is 1. The lowest BCUT2D eigenvalue weighted by Crippen LogP contribution is -2.14. The van der Waals surface area contributed by atoms with Gasteiger partial charge in [0.15, 0.2) is 6.35 Å². The summed E-state index contributed by atoms with van der Waals surface area (Å²) in [7, 11) is -0.177. The summed E-state index contributed by atoms with van der Waals surface area (Å²) in [5, 5.41) is 0.891. The first-order valence-electron chi connectivity index (χ1n) is 6.28. The van der Waals surface area contributed by atoms with E-state index < -0.39 is 13.9 Å². The molecule has 0 saturated carbocycles. The highest BCUT2D eigenvalue weighted by molar-refractivity contribution is 7.51. The van der Waals surface area contributed by atoms with Crippen molar-refractivity contribution in [3.05, 3.63) is 30.0 Å². The van der Waals surface area contributed by atoms with Gasteiger partial charge in [-0.1, -0.05) is 6.07 Å². The Morgan fingerprint density at radius 3 is 2.75 bits per heavy atom. The highest BCUT2D eigenvalue weighted by Crippen LogP contribution is 2.37. The smallest absolute Gasteiger partial charge is 0.362 e. The zero-order chi connectivity index (χ0) is 14.8. The molecule has 7 heteroatoms. The summed E-state index contributed by atoms with van der Waals surface area (Å²) in [5.41, 5.74) is 1.98. The van der Waals surface area contributed by atoms with E-state index in [-0.39, 0.29) is 0 Å². The van der Waals surface area contributed by atoms with Crippen LogP contribution in [-0.2, 0) is 11.0 Å². The first-order chi connectivity index (χ1) is 9.37. The topological polar surface area (TPSA) is 85.8 Å². The molecule has 0 radical (unpaired) electrons. The Bertz CT molecular complexity index is 632. The number of nitrogens with one attached hydrogen (secondary N) is 1. The van der Waals surface area contributed by atoms with Gasteiger partial charge in [-0.15, -0.1) is 0 Å². The minimum absolute atomic E-state index is 0.501. The van der Waals surface area contributed by atoms with Crippen LogP contribution >= 0.6 is 7.60 Å². The summed E-state index contributed by atoms with van der Waals surface area (Å²) in [6.07, 6.45) is 2.15. The molecule has 0 atom stereocenters. The molecule has 0 amide bonds. The van der Waals surface area contributed by atoms with Crippen LogP contribution in [0.15, 0.2) is 24.4 Å². The summed E-state index contributed by atoms with van der Waals surface area (Å²) >= 11 is 0. The second-order valence-electron chi connectivity index (χ2n) is 4.98. The van der Waals surface area contributed by atoms with Gasteiger partial charge in [-0.2, -0.15) is 0 Å². The van der Waals surface area contributed by atoms with Gasteiger partial charge in [0.1, 0.15) is 5.75 Å². The number of benzene rings is 1. The van der Waals surface area contributed by atoms with Crippen molar-refractivity contribution in [1.29, 1.82) is 0 Å². The molecule has 20 heavy (non-hydrogen) atoms. The van der Waals surface area contributed by atoms with Gasteiger partial charge in [0, 0.05) is 23.6 Å². The highest BCUT2D eigenvalue weighted by Gasteiger charge is 2.16. The van der Waals surface area contributed by atoms with E-state index in [2.05, 4.69) is 9.88 Å². The quantitative estimate of drug-likeness (QED) is 0.708. The molecular weight excluding hydrogens is 279 g/mol. The molecule has 0 saturated heterocycles. The van der Waals surface area contributed by atoms with E-state index in [1.165, 1.54) is 0 Å². The van der Waals surface area contributed by atoms with Gasteiger partial charge in [-0.05, 0) is 38.2 Å². The monoisotopic (exact) mass is 298 g/mol. The molecule has 1 heterocycles. The van der Waals surface area contributed by atoms with Crippen LogP contribution in [0.5, 0.6) is 5.75 Å². The van der Waals surface area contributed by atoms with Crippen LogP contribution in [0.2, 0.25) is 0 Å². The molecule has 0 spiro atoms. The minimum Gasteiger partial charge on any atom is -0.480 e. The van der Waals surface area contributed by atoms with Crippen molar-refractivity contribution in [2.45, 2.75) is 6.42 Å². The molecule has 2 aromatic rings. The molecule has 0 aliphatic heterocycles. The van der Waals surface area contributed by atoms with Crippen LogP contribution in [0.4, 0.5) is 0 Å². The predicted octanol–water partition coefficient (Wildman–Crippen LogP) is 1.79. The van der Waals surface area contributed by atoms with E-state index in [1.807, 2.05) is 26.4 Å². The lowest BCUT2D eigenvalue weighted by molar-refractivity contribution is 0.302. The molecule has 2 rings (SSSR count). The van der Waals surface area contributed by atoms with E-state index in [0.717, 1.165) is 29.4 Å². The number of likely N-dealkylation sites (N-methyl/N-ethyl adjacent to an activating group) is 1. The summed E-state index contributed by atoms with van der Waals surface area (Å²) in [4.78, 5) is 23.1.